The zero-order valence-electron chi connectivity index (χ0n) is 9.65. The molecule has 5 heteroatoms. The first kappa shape index (κ1) is 12.5. The van der Waals surface area contributed by atoms with Crippen molar-refractivity contribution in [3.05, 3.63) is 21.9 Å². The van der Waals surface area contributed by atoms with Crippen LogP contribution in [0, 0.1) is 5.92 Å². The van der Waals surface area contributed by atoms with E-state index in [1.807, 2.05) is 6.07 Å². The van der Waals surface area contributed by atoms with Crippen LogP contribution in [0.4, 0.5) is 0 Å². The number of nitrogens with one attached hydrogen (secondary N) is 1. The molecule has 1 aromatic rings. The van der Waals surface area contributed by atoms with Crippen molar-refractivity contribution in [1.29, 1.82) is 0 Å². The van der Waals surface area contributed by atoms with Gasteiger partial charge in [0.1, 0.15) is 4.88 Å². The van der Waals surface area contributed by atoms with Crippen molar-refractivity contribution in [2.24, 2.45) is 5.92 Å². The summed E-state index contributed by atoms with van der Waals surface area (Å²) < 4.78 is 5.31. The molecule has 1 atom stereocenters. The summed E-state index contributed by atoms with van der Waals surface area (Å²) in [6.45, 7) is 3.52. The lowest BCUT2D eigenvalue weighted by Crippen LogP contribution is -2.17. The van der Waals surface area contributed by atoms with Crippen LogP contribution in [0.15, 0.2) is 12.1 Å². The molecule has 2 heterocycles. The fourth-order valence-corrected chi connectivity index (χ4v) is 2.73. The highest BCUT2D eigenvalue weighted by molar-refractivity contribution is 7.13. The first-order chi connectivity index (χ1) is 8.25. The number of carboxylic acids is 1. The number of carboxylic acid groups (broad SMARTS) is 1. The first-order valence-electron chi connectivity index (χ1n) is 5.86. The van der Waals surface area contributed by atoms with Crippen LogP contribution in [0.3, 0.4) is 0 Å². The molecule has 1 saturated heterocycles. The Labute approximate surface area is 105 Å². The Bertz CT molecular complexity index is 372. The van der Waals surface area contributed by atoms with Crippen molar-refractivity contribution in [3.8, 4) is 0 Å². The summed E-state index contributed by atoms with van der Waals surface area (Å²) in [6, 6.07) is 3.54. The predicted molar refractivity (Wildman–Crippen MR) is 66.5 cm³/mol. The largest absolute Gasteiger partial charge is 0.477 e. The molecule has 1 aromatic heterocycles. The maximum Gasteiger partial charge on any atom is 0.345 e. The Morgan fingerprint density at radius 2 is 2.47 bits per heavy atom. The van der Waals surface area contributed by atoms with Crippen molar-refractivity contribution in [1.82, 2.24) is 5.32 Å². The molecule has 1 unspecified atom stereocenters. The van der Waals surface area contributed by atoms with E-state index in [0.29, 0.717) is 10.8 Å². The molecular weight excluding hydrogens is 238 g/mol. The molecule has 17 heavy (non-hydrogen) atoms. The molecule has 2 rings (SSSR count). The molecule has 0 aliphatic carbocycles. The molecule has 0 radical (unpaired) electrons. The molecule has 0 aromatic carbocycles. The minimum absolute atomic E-state index is 0.408. The van der Waals surface area contributed by atoms with Crippen molar-refractivity contribution >= 4 is 17.3 Å². The molecule has 4 nitrogen and oxygen atoms in total. The van der Waals surface area contributed by atoms with Gasteiger partial charge in [0.15, 0.2) is 0 Å². The van der Waals surface area contributed by atoms with Crippen LogP contribution in [-0.2, 0) is 11.3 Å². The van der Waals surface area contributed by atoms with E-state index in [2.05, 4.69) is 5.32 Å². The number of thiophene rings is 1. The number of carbonyl (C=O) groups is 1. The lowest BCUT2D eigenvalue weighted by atomic mass is 10.1. The summed E-state index contributed by atoms with van der Waals surface area (Å²) in [6.07, 6.45) is 2.31. The summed E-state index contributed by atoms with van der Waals surface area (Å²) in [4.78, 5) is 12.2. The van der Waals surface area contributed by atoms with Gasteiger partial charge in [0.2, 0.25) is 0 Å². The van der Waals surface area contributed by atoms with Crippen molar-refractivity contribution < 1.29 is 14.6 Å². The Kier molecular flexibility index (Phi) is 4.53. The van der Waals surface area contributed by atoms with Gasteiger partial charge in [-0.1, -0.05) is 0 Å². The Morgan fingerprint density at radius 3 is 3.12 bits per heavy atom. The smallest absolute Gasteiger partial charge is 0.345 e. The summed E-state index contributed by atoms with van der Waals surface area (Å²) in [5.41, 5.74) is 0. The molecule has 1 aliphatic heterocycles. The third kappa shape index (κ3) is 3.80. The molecule has 0 saturated carbocycles. The van der Waals surface area contributed by atoms with Crippen molar-refractivity contribution in [2.75, 3.05) is 19.8 Å². The fourth-order valence-electron chi connectivity index (χ4n) is 1.92. The molecule has 0 spiro atoms. The van der Waals surface area contributed by atoms with Crippen LogP contribution in [0.1, 0.15) is 27.4 Å². The van der Waals surface area contributed by atoms with E-state index in [0.717, 1.165) is 37.6 Å². The normalized spacial score (nSPS) is 19.6. The van der Waals surface area contributed by atoms with Gasteiger partial charge in [-0.05, 0) is 37.4 Å². The number of hydrogen-bond acceptors (Lipinski definition) is 4. The van der Waals surface area contributed by atoms with Crippen LogP contribution < -0.4 is 5.32 Å². The fraction of sp³-hybridized carbons (Fsp3) is 0.583. The highest BCUT2D eigenvalue weighted by Crippen LogP contribution is 2.17. The maximum atomic E-state index is 10.7. The molecule has 0 amide bonds. The van der Waals surface area contributed by atoms with Gasteiger partial charge in [-0.15, -0.1) is 11.3 Å². The highest BCUT2D eigenvalue weighted by atomic mass is 32.1. The average molecular weight is 255 g/mol. The molecular formula is C12H17NO3S. The third-order valence-electron chi connectivity index (χ3n) is 2.93. The van der Waals surface area contributed by atoms with E-state index in [9.17, 15) is 4.79 Å². The van der Waals surface area contributed by atoms with E-state index >= 15 is 0 Å². The zero-order valence-corrected chi connectivity index (χ0v) is 10.5. The Balaban J connectivity index is 1.65. The van der Waals surface area contributed by atoms with Gasteiger partial charge >= 0.3 is 5.97 Å². The van der Waals surface area contributed by atoms with Gasteiger partial charge in [0.25, 0.3) is 0 Å². The van der Waals surface area contributed by atoms with Crippen LogP contribution in [0.2, 0.25) is 0 Å². The minimum atomic E-state index is -0.843. The molecule has 0 bridgehead atoms. The topological polar surface area (TPSA) is 58.6 Å². The van der Waals surface area contributed by atoms with E-state index in [4.69, 9.17) is 9.84 Å². The van der Waals surface area contributed by atoms with Gasteiger partial charge in [0, 0.05) is 24.6 Å². The molecule has 94 valence electrons. The number of hydrogen-bond donors (Lipinski definition) is 2. The van der Waals surface area contributed by atoms with Gasteiger partial charge < -0.3 is 15.2 Å². The first-order valence-corrected chi connectivity index (χ1v) is 6.68. The highest BCUT2D eigenvalue weighted by Gasteiger charge is 2.14. The van der Waals surface area contributed by atoms with Crippen LogP contribution in [0.25, 0.3) is 0 Å². The Hall–Kier alpha value is -0.910. The quantitative estimate of drug-likeness (QED) is 0.763. The van der Waals surface area contributed by atoms with E-state index < -0.39 is 5.97 Å². The predicted octanol–water partition coefficient (Wildman–Crippen LogP) is 1.96. The number of aromatic carboxylic acids is 1. The second kappa shape index (κ2) is 6.14. The lowest BCUT2D eigenvalue weighted by molar-refractivity contribution is 0.0702. The van der Waals surface area contributed by atoms with Crippen LogP contribution in [0.5, 0.6) is 0 Å². The van der Waals surface area contributed by atoms with Crippen LogP contribution >= 0.6 is 11.3 Å². The van der Waals surface area contributed by atoms with E-state index in [1.165, 1.54) is 17.8 Å². The van der Waals surface area contributed by atoms with Crippen LogP contribution in [-0.4, -0.2) is 30.8 Å². The monoisotopic (exact) mass is 255 g/mol. The number of rotatable bonds is 6. The van der Waals surface area contributed by atoms with Crippen molar-refractivity contribution in [3.63, 3.8) is 0 Å². The van der Waals surface area contributed by atoms with Gasteiger partial charge in [-0.2, -0.15) is 0 Å². The van der Waals surface area contributed by atoms with Crippen molar-refractivity contribution in [2.45, 2.75) is 19.4 Å². The third-order valence-corrected chi connectivity index (χ3v) is 4.00. The second-order valence-corrected chi connectivity index (χ2v) is 5.43. The van der Waals surface area contributed by atoms with Gasteiger partial charge in [-0.25, -0.2) is 4.79 Å². The second-order valence-electron chi connectivity index (χ2n) is 4.27. The van der Waals surface area contributed by atoms with E-state index in [-0.39, 0.29) is 0 Å². The summed E-state index contributed by atoms with van der Waals surface area (Å²) in [7, 11) is 0. The van der Waals surface area contributed by atoms with E-state index in [1.54, 1.807) is 6.07 Å². The summed E-state index contributed by atoms with van der Waals surface area (Å²) in [5.74, 6) is -0.148. The zero-order chi connectivity index (χ0) is 12.1. The Morgan fingerprint density at radius 1 is 1.59 bits per heavy atom. The summed E-state index contributed by atoms with van der Waals surface area (Å²) >= 11 is 1.34. The maximum absolute atomic E-state index is 10.7. The SMILES string of the molecule is O=C(O)c1ccc(CNCCC2CCOC2)s1. The van der Waals surface area contributed by atoms with Gasteiger partial charge in [0.05, 0.1) is 0 Å². The molecule has 2 N–H and O–H groups in total. The molecule has 1 fully saturated rings. The lowest BCUT2D eigenvalue weighted by Gasteiger charge is -2.07. The summed E-state index contributed by atoms with van der Waals surface area (Å²) in [5, 5.41) is 12.1. The number of ether oxygens (including phenoxy) is 1. The standard InChI is InChI=1S/C12H17NO3S/c14-12(15)11-2-1-10(17-11)7-13-5-3-9-4-6-16-8-9/h1-2,9,13H,3-8H2,(H,14,15). The minimum Gasteiger partial charge on any atom is -0.477 e. The molecule has 1 aliphatic rings. The van der Waals surface area contributed by atoms with Gasteiger partial charge in [-0.3, -0.25) is 0 Å². The average Bonchev–Trinajstić information content (AvgIpc) is 2.96.